The van der Waals surface area contributed by atoms with Gasteiger partial charge in [-0.05, 0) is 5.56 Å². The molecule has 1 fully saturated rings. The lowest BCUT2D eigenvalue weighted by atomic mass is 9.99. The molecule has 106 valence electrons. The first-order valence-electron chi connectivity index (χ1n) is 6.40. The van der Waals surface area contributed by atoms with Crippen LogP contribution in [0.25, 0.3) is 0 Å². The Balaban J connectivity index is 2.15. The molecule has 6 heteroatoms. The normalized spacial score (nSPS) is 18.1. The van der Waals surface area contributed by atoms with Crippen molar-refractivity contribution in [3.8, 4) is 0 Å². The van der Waals surface area contributed by atoms with Gasteiger partial charge in [-0.15, -0.1) is 0 Å². The smallest absolute Gasteiger partial charge is 0.241 e. The predicted molar refractivity (Wildman–Crippen MR) is 72.1 cm³/mol. The Morgan fingerprint density at radius 1 is 1.35 bits per heavy atom. The zero-order valence-electron chi connectivity index (χ0n) is 11.3. The van der Waals surface area contributed by atoms with E-state index in [9.17, 15) is 14.4 Å². The Hall–Kier alpha value is -2.37. The summed E-state index contributed by atoms with van der Waals surface area (Å²) in [6, 6.07) is 9.64. The van der Waals surface area contributed by atoms with Crippen LogP contribution in [-0.2, 0) is 14.4 Å². The van der Waals surface area contributed by atoms with E-state index in [1.54, 1.807) is 0 Å². The van der Waals surface area contributed by atoms with Gasteiger partial charge in [-0.1, -0.05) is 30.3 Å². The van der Waals surface area contributed by atoms with Crippen LogP contribution in [0, 0.1) is 0 Å². The van der Waals surface area contributed by atoms with Crippen molar-refractivity contribution in [3.63, 3.8) is 0 Å². The zero-order valence-corrected chi connectivity index (χ0v) is 11.3. The highest BCUT2D eigenvalue weighted by molar-refractivity contribution is 5.87. The van der Waals surface area contributed by atoms with Crippen molar-refractivity contribution in [3.05, 3.63) is 35.9 Å². The summed E-state index contributed by atoms with van der Waals surface area (Å²) in [6.07, 6.45) is 0.326. The van der Waals surface area contributed by atoms with Gasteiger partial charge in [0, 0.05) is 19.3 Å². The number of hydrazine groups is 1. The van der Waals surface area contributed by atoms with E-state index >= 15 is 0 Å². The molecule has 2 N–H and O–H groups in total. The Bertz CT molecular complexity index is 530. The van der Waals surface area contributed by atoms with Gasteiger partial charge < -0.3 is 5.73 Å². The quantitative estimate of drug-likeness (QED) is 0.855. The number of nitrogens with zero attached hydrogens (tertiary/aromatic N) is 2. The molecule has 20 heavy (non-hydrogen) atoms. The van der Waals surface area contributed by atoms with Gasteiger partial charge in [0.2, 0.25) is 17.7 Å². The van der Waals surface area contributed by atoms with Crippen molar-refractivity contribution in [2.75, 3.05) is 13.1 Å². The molecule has 1 aliphatic rings. The maximum Gasteiger partial charge on any atom is 0.241 e. The summed E-state index contributed by atoms with van der Waals surface area (Å²) in [7, 11) is 0. The summed E-state index contributed by atoms with van der Waals surface area (Å²) in [4.78, 5) is 34.7. The van der Waals surface area contributed by atoms with Crippen LogP contribution in [-0.4, -0.2) is 40.8 Å². The molecule has 0 bridgehead atoms. The van der Waals surface area contributed by atoms with E-state index in [4.69, 9.17) is 5.73 Å². The molecule has 1 atom stereocenters. The second-order valence-corrected chi connectivity index (χ2v) is 4.83. The summed E-state index contributed by atoms with van der Waals surface area (Å²) in [5.74, 6) is -1.16. The number of carbonyl (C=O) groups is 3. The van der Waals surface area contributed by atoms with Gasteiger partial charge in [0.25, 0.3) is 0 Å². The molecular weight excluding hydrogens is 258 g/mol. The lowest BCUT2D eigenvalue weighted by molar-refractivity contribution is -0.160. The second kappa shape index (κ2) is 5.73. The van der Waals surface area contributed by atoms with E-state index in [1.165, 1.54) is 11.9 Å². The largest absolute Gasteiger partial charge is 0.368 e. The maximum absolute atomic E-state index is 12.1. The third kappa shape index (κ3) is 2.96. The molecule has 0 radical (unpaired) electrons. The van der Waals surface area contributed by atoms with E-state index in [-0.39, 0.29) is 24.3 Å². The minimum Gasteiger partial charge on any atom is -0.368 e. The van der Waals surface area contributed by atoms with Crippen molar-refractivity contribution in [2.45, 2.75) is 19.3 Å². The fourth-order valence-corrected chi connectivity index (χ4v) is 2.39. The first-order chi connectivity index (χ1) is 9.49. The van der Waals surface area contributed by atoms with Crippen LogP contribution in [0.4, 0.5) is 0 Å². The van der Waals surface area contributed by atoms with Crippen LogP contribution in [0.2, 0.25) is 0 Å². The second-order valence-electron chi connectivity index (χ2n) is 4.83. The van der Waals surface area contributed by atoms with Crippen molar-refractivity contribution in [2.24, 2.45) is 5.73 Å². The molecule has 1 aliphatic heterocycles. The summed E-state index contributed by atoms with van der Waals surface area (Å²) in [5, 5.41) is 2.44. The third-order valence-corrected chi connectivity index (χ3v) is 3.33. The third-order valence-electron chi connectivity index (χ3n) is 3.33. The van der Waals surface area contributed by atoms with Gasteiger partial charge in [-0.3, -0.25) is 19.4 Å². The highest BCUT2D eigenvalue weighted by Gasteiger charge is 2.35. The van der Waals surface area contributed by atoms with E-state index in [0.29, 0.717) is 13.0 Å². The monoisotopic (exact) mass is 275 g/mol. The lowest BCUT2D eigenvalue weighted by Gasteiger charge is -2.29. The van der Waals surface area contributed by atoms with Gasteiger partial charge >= 0.3 is 0 Å². The number of hydrogen-bond acceptors (Lipinski definition) is 3. The van der Waals surface area contributed by atoms with Gasteiger partial charge in [-0.25, -0.2) is 5.01 Å². The summed E-state index contributed by atoms with van der Waals surface area (Å²) in [6.45, 7) is 1.42. The molecule has 0 saturated carbocycles. The molecule has 1 unspecified atom stereocenters. The predicted octanol–water partition coefficient (Wildman–Crippen LogP) is 0.251. The molecule has 2 rings (SSSR count). The van der Waals surface area contributed by atoms with E-state index in [2.05, 4.69) is 0 Å². The maximum atomic E-state index is 12.1. The van der Waals surface area contributed by atoms with Crippen LogP contribution < -0.4 is 5.73 Å². The summed E-state index contributed by atoms with van der Waals surface area (Å²) in [5.41, 5.74) is 6.17. The molecule has 0 aliphatic carbocycles. The van der Waals surface area contributed by atoms with Crippen molar-refractivity contribution < 1.29 is 14.4 Å². The highest BCUT2D eigenvalue weighted by Crippen LogP contribution is 2.28. The van der Waals surface area contributed by atoms with Crippen LogP contribution in [0.1, 0.15) is 24.8 Å². The summed E-state index contributed by atoms with van der Waals surface area (Å²) < 4.78 is 0. The number of carbonyl (C=O) groups excluding carboxylic acids is 3. The molecule has 1 saturated heterocycles. The number of primary amides is 1. The van der Waals surface area contributed by atoms with Gasteiger partial charge in [-0.2, -0.15) is 0 Å². The molecule has 0 spiro atoms. The van der Waals surface area contributed by atoms with E-state index in [0.717, 1.165) is 10.6 Å². The minimum absolute atomic E-state index is 0.0263. The highest BCUT2D eigenvalue weighted by atomic mass is 16.2. The minimum atomic E-state index is -0.642. The lowest BCUT2D eigenvalue weighted by Crippen LogP contribution is -2.50. The van der Waals surface area contributed by atoms with Crippen LogP contribution in [0.5, 0.6) is 0 Å². The standard InChI is InChI=1S/C14H17N3O3/c1-10(18)16(9-13(15)19)17-8-12(7-14(17)20)11-5-3-2-4-6-11/h2-6,12H,7-9H2,1H3,(H2,15,19). The van der Waals surface area contributed by atoms with Gasteiger partial charge in [0.1, 0.15) is 6.54 Å². The molecule has 0 aromatic heterocycles. The van der Waals surface area contributed by atoms with Crippen molar-refractivity contribution in [1.29, 1.82) is 0 Å². The number of rotatable bonds is 4. The SMILES string of the molecule is CC(=O)N(CC(N)=O)N1CC(c2ccccc2)CC1=O. The summed E-state index contributed by atoms with van der Waals surface area (Å²) >= 11 is 0. The fraction of sp³-hybridized carbons (Fsp3) is 0.357. The first-order valence-corrected chi connectivity index (χ1v) is 6.40. The topological polar surface area (TPSA) is 83.7 Å². The van der Waals surface area contributed by atoms with Crippen LogP contribution in [0.15, 0.2) is 30.3 Å². The van der Waals surface area contributed by atoms with Gasteiger partial charge in [0.15, 0.2) is 0 Å². The molecule has 1 aromatic carbocycles. The number of amides is 3. The molecule has 6 nitrogen and oxygen atoms in total. The van der Waals surface area contributed by atoms with Crippen molar-refractivity contribution >= 4 is 17.7 Å². The molecule has 1 aromatic rings. The average Bonchev–Trinajstić information content (AvgIpc) is 2.78. The Morgan fingerprint density at radius 2 is 2.00 bits per heavy atom. The Labute approximate surface area is 117 Å². The molecule has 3 amide bonds. The van der Waals surface area contributed by atoms with E-state index < -0.39 is 5.91 Å². The number of benzene rings is 1. The molecular formula is C14H17N3O3. The fourth-order valence-electron chi connectivity index (χ4n) is 2.39. The average molecular weight is 275 g/mol. The Morgan fingerprint density at radius 3 is 2.55 bits per heavy atom. The zero-order chi connectivity index (χ0) is 14.7. The number of nitrogens with two attached hydrogens (primary N) is 1. The van der Waals surface area contributed by atoms with E-state index in [1.807, 2.05) is 30.3 Å². The number of hydrogen-bond donors (Lipinski definition) is 1. The van der Waals surface area contributed by atoms with Gasteiger partial charge in [0.05, 0.1) is 6.54 Å². The van der Waals surface area contributed by atoms with Crippen LogP contribution in [0.3, 0.4) is 0 Å². The van der Waals surface area contributed by atoms with Crippen LogP contribution >= 0.6 is 0 Å². The molecule has 1 heterocycles. The Kier molecular flexibility index (Phi) is 4.02. The van der Waals surface area contributed by atoms with Crippen molar-refractivity contribution in [1.82, 2.24) is 10.0 Å². The first kappa shape index (κ1) is 14.0.